The maximum Gasteiger partial charge on any atom is 0.255 e. The summed E-state index contributed by atoms with van der Waals surface area (Å²) in [6.45, 7) is 3.92. The van der Waals surface area contributed by atoms with Crippen LogP contribution in [0, 0.1) is 13.8 Å². The lowest BCUT2D eigenvalue weighted by atomic mass is 10.2. The Morgan fingerprint density at radius 1 is 1.14 bits per heavy atom. The quantitative estimate of drug-likeness (QED) is 0.895. The second-order valence-electron chi connectivity index (χ2n) is 5.01. The number of pyridine rings is 1. The maximum absolute atomic E-state index is 12.2. The smallest absolute Gasteiger partial charge is 0.255 e. The molecule has 0 fully saturated rings. The van der Waals surface area contributed by atoms with E-state index in [1.54, 1.807) is 19.1 Å². The number of hydrogen-bond acceptors (Lipinski definition) is 3. The minimum absolute atomic E-state index is 0.0214. The molecule has 0 unspecified atom stereocenters. The molecule has 0 aliphatic rings. The van der Waals surface area contributed by atoms with Gasteiger partial charge in [-0.25, -0.2) is 0 Å². The molecule has 2 rings (SSSR count). The van der Waals surface area contributed by atoms with Gasteiger partial charge >= 0.3 is 0 Å². The third-order valence-corrected chi connectivity index (χ3v) is 3.33. The predicted molar refractivity (Wildman–Crippen MR) is 83.1 cm³/mol. The van der Waals surface area contributed by atoms with Crippen molar-refractivity contribution < 1.29 is 4.79 Å². The van der Waals surface area contributed by atoms with Crippen LogP contribution in [0.1, 0.15) is 16.8 Å². The van der Waals surface area contributed by atoms with Crippen molar-refractivity contribution in [1.29, 1.82) is 0 Å². The molecular weight excluding hydrogens is 266 g/mol. The number of carbonyl (C=O) groups is 1. The minimum Gasteiger partial charge on any atom is -0.326 e. The number of benzene rings is 1. The third kappa shape index (κ3) is 3.58. The summed E-state index contributed by atoms with van der Waals surface area (Å²) in [6.07, 6.45) is 0. The molecule has 0 saturated carbocycles. The molecular formula is C16H19N3O2. The fourth-order valence-corrected chi connectivity index (χ4v) is 2.05. The molecule has 0 saturated heterocycles. The van der Waals surface area contributed by atoms with E-state index in [4.69, 9.17) is 5.73 Å². The second kappa shape index (κ2) is 6.37. The van der Waals surface area contributed by atoms with Gasteiger partial charge in [0.15, 0.2) is 0 Å². The number of nitrogens with zero attached hydrogens (tertiary/aromatic N) is 1. The van der Waals surface area contributed by atoms with E-state index in [-0.39, 0.29) is 24.6 Å². The Morgan fingerprint density at radius 2 is 1.81 bits per heavy atom. The van der Waals surface area contributed by atoms with Crippen molar-refractivity contribution in [3.8, 4) is 0 Å². The van der Waals surface area contributed by atoms with Gasteiger partial charge in [0.1, 0.15) is 6.54 Å². The number of aromatic nitrogens is 1. The van der Waals surface area contributed by atoms with E-state index in [1.807, 2.05) is 31.2 Å². The Hall–Kier alpha value is -2.40. The van der Waals surface area contributed by atoms with Crippen LogP contribution in [0.15, 0.2) is 41.2 Å². The van der Waals surface area contributed by atoms with E-state index in [9.17, 15) is 9.59 Å². The van der Waals surface area contributed by atoms with Crippen LogP contribution in [0.4, 0.5) is 5.69 Å². The van der Waals surface area contributed by atoms with Gasteiger partial charge in [-0.15, -0.1) is 0 Å². The molecule has 5 nitrogen and oxygen atoms in total. The van der Waals surface area contributed by atoms with Gasteiger partial charge in [0, 0.05) is 23.5 Å². The van der Waals surface area contributed by atoms with Crippen LogP contribution >= 0.6 is 0 Å². The zero-order valence-corrected chi connectivity index (χ0v) is 12.2. The van der Waals surface area contributed by atoms with Gasteiger partial charge in [-0.2, -0.15) is 0 Å². The summed E-state index contributed by atoms with van der Waals surface area (Å²) in [5, 5.41) is 2.78. The molecule has 21 heavy (non-hydrogen) atoms. The molecule has 110 valence electrons. The number of carbonyl (C=O) groups excluding carboxylic acids is 1. The fraction of sp³-hybridized carbons (Fsp3) is 0.250. The van der Waals surface area contributed by atoms with E-state index < -0.39 is 0 Å². The highest BCUT2D eigenvalue weighted by Gasteiger charge is 2.09. The topological polar surface area (TPSA) is 77.1 Å². The van der Waals surface area contributed by atoms with Crippen molar-refractivity contribution in [2.24, 2.45) is 5.73 Å². The molecule has 1 heterocycles. The lowest BCUT2D eigenvalue weighted by molar-refractivity contribution is -0.116. The summed E-state index contributed by atoms with van der Waals surface area (Å²) in [6, 6.07) is 11.0. The molecule has 0 aliphatic carbocycles. The van der Waals surface area contributed by atoms with Crippen LogP contribution in [0.5, 0.6) is 0 Å². The van der Waals surface area contributed by atoms with Gasteiger partial charge in [0.2, 0.25) is 5.91 Å². The SMILES string of the molecule is Cc1ccc(NC(=O)Cn2c(C)ccc(CN)c2=O)cc1. The molecule has 0 radical (unpaired) electrons. The molecule has 1 aromatic carbocycles. The third-order valence-electron chi connectivity index (χ3n) is 3.33. The summed E-state index contributed by atoms with van der Waals surface area (Å²) in [4.78, 5) is 24.2. The molecule has 0 bridgehead atoms. The van der Waals surface area contributed by atoms with E-state index >= 15 is 0 Å². The fourth-order valence-electron chi connectivity index (χ4n) is 2.05. The monoisotopic (exact) mass is 285 g/mol. The Balaban J connectivity index is 2.16. The zero-order valence-electron chi connectivity index (χ0n) is 12.2. The number of nitrogens with two attached hydrogens (primary N) is 1. The molecule has 0 atom stereocenters. The Bertz CT molecular complexity index is 702. The molecule has 3 N–H and O–H groups in total. The van der Waals surface area contributed by atoms with Gasteiger partial charge < -0.3 is 15.6 Å². The molecule has 1 aromatic heterocycles. The van der Waals surface area contributed by atoms with E-state index in [1.165, 1.54) is 4.57 Å². The van der Waals surface area contributed by atoms with Crippen LogP contribution in [0.3, 0.4) is 0 Å². The zero-order chi connectivity index (χ0) is 15.4. The predicted octanol–water partition coefficient (Wildman–Crippen LogP) is 1.56. The van der Waals surface area contributed by atoms with Crippen LogP contribution in [0.25, 0.3) is 0 Å². The Labute approximate surface area is 123 Å². The van der Waals surface area contributed by atoms with E-state index in [0.29, 0.717) is 11.3 Å². The average molecular weight is 285 g/mol. The van der Waals surface area contributed by atoms with Crippen molar-refractivity contribution in [3.63, 3.8) is 0 Å². The highest BCUT2D eigenvalue weighted by Crippen LogP contribution is 2.08. The molecule has 1 amide bonds. The summed E-state index contributed by atoms with van der Waals surface area (Å²) in [5.74, 6) is -0.238. The lowest BCUT2D eigenvalue weighted by Crippen LogP contribution is -2.31. The van der Waals surface area contributed by atoms with Crippen molar-refractivity contribution in [3.05, 3.63) is 63.6 Å². The van der Waals surface area contributed by atoms with Gasteiger partial charge in [-0.05, 0) is 32.0 Å². The van der Waals surface area contributed by atoms with E-state index in [0.717, 1.165) is 11.3 Å². The summed E-state index contributed by atoms with van der Waals surface area (Å²) >= 11 is 0. The second-order valence-corrected chi connectivity index (χ2v) is 5.01. The Kier molecular flexibility index (Phi) is 4.55. The van der Waals surface area contributed by atoms with Gasteiger partial charge in [-0.3, -0.25) is 9.59 Å². The Morgan fingerprint density at radius 3 is 2.43 bits per heavy atom. The first-order valence-electron chi connectivity index (χ1n) is 6.77. The first-order valence-corrected chi connectivity index (χ1v) is 6.77. The number of hydrogen-bond donors (Lipinski definition) is 2. The van der Waals surface area contributed by atoms with E-state index in [2.05, 4.69) is 5.32 Å². The van der Waals surface area contributed by atoms with Gasteiger partial charge in [-0.1, -0.05) is 23.8 Å². The summed E-state index contributed by atoms with van der Waals surface area (Å²) in [5.41, 5.74) is 8.38. The van der Waals surface area contributed by atoms with Crippen molar-refractivity contribution in [2.75, 3.05) is 5.32 Å². The van der Waals surface area contributed by atoms with Gasteiger partial charge in [0.25, 0.3) is 5.56 Å². The van der Waals surface area contributed by atoms with Crippen LogP contribution in [-0.2, 0) is 17.9 Å². The summed E-state index contributed by atoms with van der Waals surface area (Å²) in [7, 11) is 0. The average Bonchev–Trinajstić information content (AvgIpc) is 2.46. The number of anilines is 1. The first-order chi connectivity index (χ1) is 10.0. The highest BCUT2D eigenvalue weighted by molar-refractivity contribution is 5.90. The van der Waals surface area contributed by atoms with Crippen LogP contribution in [-0.4, -0.2) is 10.5 Å². The van der Waals surface area contributed by atoms with Crippen LogP contribution < -0.4 is 16.6 Å². The first kappa shape index (κ1) is 15.0. The molecule has 2 aromatic rings. The molecule has 5 heteroatoms. The number of rotatable bonds is 4. The molecule has 0 spiro atoms. The minimum atomic E-state index is -0.238. The normalized spacial score (nSPS) is 10.4. The maximum atomic E-state index is 12.2. The molecule has 0 aliphatic heterocycles. The highest BCUT2D eigenvalue weighted by atomic mass is 16.2. The lowest BCUT2D eigenvalue weighted by Gasteiger charge is -2.12. The number of nitrogens with one attached hydrogen (secondary N) is 1. The number of amides is 1. The van der Waals surface area contributed by atoms with Crippen molar-refractivity contribution in [1.82, 2.24) is 4.57 Å². The largest absolute Gasteiger partial charge is 0.326 e. The standard InChI is InChI=1S/C16H19N3O2/c1-11-3-7-14(8-4-11)18-15(20)10-19-12(2)5-6-13(9-17)16(19)21/h3-8H,9-10,17H2,1-2H3,(H,18,20). The number of aryl methyl sites for hydroxylation is 2. The van der Waals surface area contributed by atoms with Crippen LogP contribution in [0.2, 0.25) is 0 Å². The van der Waals surface area contributed by atoms with Crippen molar-refractivity contribution in [2.45, 2.75) is 26.9 Å². The summed E-state index contributed by atoms with van der Waals surface area (Å²) < 4.78 is 1.44. The van der Waals surface area contributed by atoms with Gasteiger partial charge in [0.05, 0.1) is 0 Å². The van der Waals surface area contributed by atoms with Crippen molar-refractivity contribution >= 4 is 11.6 Å².